The molecule has 0 aromatic heterocycles. The monoisotopic (exact) mass is 259 g/mol. The van der Waals surface area contributed by atoms with E-state index in [0.717, 1.165) is 4.90 Å². The first-order chi connectivity index (χ1) is 9.09. The van der Waals surface area contributed by atoms with Gasteiger partial charge in [-0.2, -0.15) is 0 Å². The predicted molar refractivity (Wildman–Crippen MR) is 63.1 cm³/mol. The van der Waals surface area contributed by atoms with E-state index >= 15 is 0 Å². The van der Waals surface area contributed by atoms with Crippen molar-refractivity contribution in [2.75, 3.05) is 0 Å². The number of hydrogen-bond donors (Lipinski definition) is 1. The van der Waals surface area contributed by atoms with E-state index in [1.54, 1.807) is 24.3 Å². The second kappa shape index (κ2) is 4.01. The summed E-state index contributed by atoms with van der Waals surface area (Å²) in [7, 11) is 0. The fourth-order valence-corrected chi connectivity index (χ4v) is 2.42. The quantitative estimate of drug-likeness (QED) is 0.572. The topological polar surface area (TPSA) is 83.6 Å². The van der Waals surface area contributed by atoms with Crippen molar-refractivity contribution in [3.63, 3.8) is 0 Å². The summed E-state index contributed by atoms with van der Waals surface area (Å²) in [5.41, 5.74) is 0.606. The Kier molecular flexibility index (Phi) is 2.45. The Morgan fingerprint density at radius 2 is 1.58 bits per heavy atom. The average Bonchev–Trinajstić information content (AvgIpc) is 2.64. The number of rotatable bonds is 1. The summed E-state index contributed by atoms with van der Waals surface area (Å²) in [4.78, 5) is 48.1. The largest absolute Gasteiger partial charge is 0.295 e. The molecule has 1 unspecified atom stereocenters. The van der Waals surface area contributed by atoms with Crippen molar-refractivity contribution in [2.24, 2.45) is 0 Å². The van der Waals surface area contributed by atoms with Gasteiger partial charge < -0.3 is 0 Å². The number of carbonyl (C=O) groups is 4. The lowest BCUT2D eigenvalue weighted by atomic mass is 10.1. The van der Waals surface area contributed by atoms with E-state index in [4.69, 9.17) is 0 Å². The van der Waals surface area contributed by atoms with E-state index in [1.165, 1.54) is 0 Å². The number of nitrogens with zero attached hydrogens (tertiary/aromatic N) is 1. The Morgan fingerprint density at radius 1 is 1.00 bits per heavy atom. The second-order valence-corrected chi connectivity index (χ2v) is 4.49. The number of amides is 4. The van der Waals surface area contributed by atoms with Gasteiger partial charge in [-0.25, -0.2) is 0 Å². The van der Waals surface area contributed by atoms with Crippen LogP contribution in [0.2, 0.25) is 0 Å². The van der Waals surface area contributed by atoms with Gasteiger partial charge in [0.15, 0.2) is 0 Å². The lowest BCUT2D eigenvalue weighted by molar-refractivity contribution is -0.136. The van der Waals surface area contributed by atoms with Crippen LogP contribution in [0.1, 0.15) is 33.6 Å². The van der Waals surface area contributed by atoms with Gasteiger partial charge >= 0.3 is 0 Å². The van der Waals surface area contributed by atoms with Crippen molar-refractivity contribution in [1.82, 2.24) is 10.2 Å². The molecule has 1 aromatic rings. The Bertz CT molecular complexity index is 588. The summed E-state index contributed by atoms with van der Waals surface area (Å²) in [6.45, 7) is 0. The number of imide groups is 2. The highest BCUT2D eigenvalue weighted by atomic mass is 16.2. The summed E-state index contributed by atoms with van der Waals surface area (Å²) in [6.07, 6.45) is 0.306. The van der Waals surface area contributed by atoms with Crippen LogP contribution in [0, 0.1) is 0 Å². The molecule has 0 radical (unpaired) electrons. The van der Waals surface area contributed by atoms with Gasteiger partial charge in [0.2, 0.25) is 11.8 Å². The number of nitrogens with one attached hydrogen (secondary N) is 1. The van der Waals surface area contributed by atoms with Crippen LogP contribution in [0.4, 0.5) is 0 Å². The molecule has 1 atom stereocenters. The van der Waals surface area contributed by atoms with E-state index in [1.807, 2.05) is 0 Å². The number of benzene rings is 1. The fourth-order valence-electron chi connectivity index (χ4n) is 2.42. The Hall–Kier alpha value is -2.50. The summed E-state index contributed by atoms with van der Waals surface area (Å²) in [5.74, 6) is -1.92. The molecule has 0 bridgehead atoms. The van der Waals surface area contributed by atoms with Gasteiger partial charge in [0.1, 0.15) is 6.04 Å². The van der Waals surface area contributed by atoms with Crippen LogP contribution in [0.5, 0.6) is 0 Å². The molecule has 0 saturated carbocycles. The molecule has 3 rings (SSSR count). The first-order valence-corrected chi connectivity index (χ1v) is 5.90. The van der Waals surface area contributed by atoms with E-state index < -0.39 is 23.8 Å². The maximum atomic E-state index is 12.2. The Morgan fingerprint density at radius 3 is 2.11 bits per heavy atom. The molecular weight excluding hydrogens is 249 g/mol. The number of carbonyl (C=O) groups excluding carboxylic acids is 4. The van der Waals surface area contributed by atoms with Crippen LogP contribution in [-0.4, -0.2) is 34.6 Å². The molecule has 6 heteroatoms. The van der Waals surface area contributed by atoms with Crippen molar-refractivity contribution in [3.8, 4) is 0 Å². The van der Waals surface area contributed by atoms with Gasteiger partial charge in [-0.05, 0) is 18.6 Å². The molecule has 2 aliphatic rings. The standard InChI is InChI=1S/C13H10N2O4/c16-10-6-5-9(11(17)14-10)15-12(18)7-3-1-2-4-8(7)13(15)19/h1-4,9H,5-6H2,(H,14,16,17)/i10+1. The van der Waals surface area contributed by atoms with Gasteiger partial charge in [-0.3, -0.25) is 29.4 Å². The number of fused-ring (bicyclic) bond motifs is 1. The maximum Gasteiger partial charge on any atom is 0.262 e. The van der Waals surface area contributed by atoms with E-state index in [-0.39, 0.29) is 18.7 Å². The van der Waals surface area contributed by atoms with Crippen LogP contribution in [-0.2, 0) is 9.59 Å². The molecular formula is C13H10N2O4. The van der Waals surface area contributed by atoms with E-state index in [0.29, 0.717) is 11.1 Å². The normalized spacial score (nSPS) is 22.5. The van der Waals surface area contributed by atoms with E-state index in [9.17, 15) is 19.2 Å². The minimum atomic E-state index is -0.898. The third-order valence-corrected chi connectivity index (χ3v) is 3.35. The molecule has 1 saturated heterocycles. The summed E-state index contributed by atoms with van der Waals surface area (Å²) in [6, 6.07) is 5.55. The minimum absolute atomic E-state index is 0.129. The molecule has 2 heterocycles. The highest BCUT2D eigenvalue weighted by Gasteiger charge is 2.44. The fraction of sp³-hybridized carbons (Fsp3) is 0.231. The molecule has 4 amide bonds. The molecule has 1 fully saturated rings. The zero-order valence-electron chi connectivity index (χ0n) is 9.88. The van der Waals surface area contributed by atoms with Gasteiger partial charge in [-0.1, -0.05) is 12.1 Å². The van der Waals surface area contributed by atoms with Crippen molar-refractivity contribution in [2.45, 2.75) is 18.9 Å². The zero-order valence-corrected chi connectivity index (χ0v) is 9.88. The minimum Gasteiger partial charge on any atom is -0.295 e. The molecule has 2 aliphatic heterocycles. The van der Waals surface area contributed by atoms with Crippen molar-refractivity contribution >= 4 is 23.6 Å². The van der Waals surface area contributed by atoms with Crippen molar-refractivity contribution < 1.29 is 19.2 Å². The Balaban J connectivity index is 1.96. The summed E-state index contributed by atoms with van der Waals surface area (Å²) >= 11 is 0. The predicted octanol–water partition coefficient (Wildman–Crippen LogP) is 0.0878. The number of hydrogen-bond acceptors (Lipinski definition) is 4. The van der Waals surface area contributed by atoms with Crippen molar-refractivity contribution in [1.29, 1.82) is 0 Å². The van der Waals surface area contributed by atoms with Gasteiger partial charge in [0.05, 0.1) is 11.1 Å². The smallest absolute Gasteiger partial charge is 0.262 e. The van der Waals surface area contributed by atoms with Crippen LogP contribution in [0.15, 0.2) is 24.3 Å². The average molecular weight is 259 g/mol. The lowest BCUT2D eigenvalue weighted by Gasteiger charge is -2.27. The van der Waals surface area contributed by atoms with Gasteiger partial charge in [0.25, 0.3) is 11.8 Å². The van der Waals surface area contributed by atoms with E-state index in [2.05, 4.69) is 5.32 Å². The molecule has 19 heavy (non-hydrogen) atoms. The first-order valence-electron chi connectivity index (χ1n) is 5.90. The van der Waals surface area contributed by atoms with Crippen molar-refractivity contribution in [3.05, 3.63) is 35.4 Å². The highest BCUT2D eigenvalue weighted by molar-refractivity contribution is 6.23. The van der Waals surface area contributed by atoms with Gasteiger partial charge in [-0.15, -0.1) is 0 Å². The number of piperidine rings is 1. The Labute approximate surface area is 108 Å². The second-order valence-electron chi connectivity index (χ2n) is 4.49. The molecule has 0 spiro atoms. The third-order valence-electron chi connectivity index (χ3n) is 3.35. The van der Waals surface area contributed by atoms with Crippen LogP contribution in [0.3, 0.4) is 0 Å². The highest BCUT2D eigenvalue weighted by Crippen LogP contribution is 2.26. The molecule has 96 valence electrons. The molecule has 1 N–H and O–H groups in total. The van der Waals surface area contributed by atoms with Crippen LogP contribution in [0.25, 0.3) is 0 Å². The maximum absolute atomic E-state index is 12.2. The molecule has 1 aromatic carbocycles. The zero-order chi connectivity index (χ0) is 13.6. The SMILES string of the molecule is O=C1N[13C](=O)CCC1N1C(=O)c2ccccc2C1=O. The van der Waals surface area contributed by atoms with Crippen LogP contribution >= 0.6 is 0 Å². The lowest BCUT2D eigenvalue weighted by Crippen LogP contribution is -2.54. The molecule has 6 nitrogen and oxygen atoms in total. The van der Waals surface area contributed by atoms with Crippen LogP contribution < -0.4 is 5.32 Å². The summed E-state index contributed by atoms with van der Waals surface area (Å²) < 4.78 is 0. The molecule has 0 aliphatic carbocycles. The third kappa shape index (κ3) is 1.64. The van der Waals surface area contributed by atoms with Gasteiger partial charge in [0, 0.05) is 6.42 Å². The summed E-state index contributed by atoms with van der Waals surface area (Å²) in [5, 5.41) is 2.15. The first kappa shape index (κ1) is 11.6.